The number of likely N-dealkylation sites (N-methyl/N-ethyl adjacent to an activating group) is 1. The number of aromatic nitrogens is 2. The molecule has 3 saturated heterocycles. The van der Waals surface area contributed by atoms with Crippen LogP contribution in [0.15, 0.2) is 30.6 Å². The van der Waals surface area contributed by atoms with E-state index in [2.05, 4.69) is 24.6 Å². The fraction of sp³-hybridized carbons (Fsp3) is 0.533. The average molecular weight is 580 g/mol. The minimum atomic E-state index is -1.05. The summed E-state index contributed by atoms with van der Waals surface area (Å²) < 4.78 is 35.1. The van der Waals surface area contributed by atoms with Crippen LogP contribution in [0.25, 0.3) is 0 Å². The Hall–Kier alpha value is -3.98. The predicted octanol–water partition coefficient (Wildman–Crippen LogP) is 3.47. The van der Waals surface area contributed by atoms with Crippen molar-refractivity contribution in [1.29, 1.82) is 5.26 Å². The third-order valence-corrected chi connectivity index (χ3v) is 9.16. The number of piperazine rings is 1. The number of halogens is 2. The van der Waals surface area contributed by atoms with Gasteiger partial charge in [0.2, 0.25) is 0 Å². The Morgan fingerprint density at radius 3 is 2.76 bits per heavy atom. The summed E-state index contributed by atoms with van der Waals surface area (Å²) in [5.41, 5.74) is 1.84. The number of fused-ring (bicyclic) bond motifs is 4. The number of phenolic OH excluding ortho intramolecular Hbond substituents is 1. The minimum absolute atomic E-state index is 0.0335. The standard InChI is InChI=1S/C30H35F2N7O3/c1-18(31)29(41)38-14-13-37(16-20(38)10-11-33)28-22-15-19-8-9-24(39(19)27-23(32)6-3-7-25(27)40)26(22)34-30(35-28)42-17-21-5-4-12-36(21)2/h3,6-7,19-21,24,40H,1,4-5,8-10,12-17H2,2H3/t19?,20-,21-,24?/m0/s1. The van der Waals surface area contributed by atoms with Crippen LogP contribution in [0.5, 0.6) is 11.8 Å². The Morgan fingerprint density at radius 1 is 1.21 bits per heavy atom. The molecule has 4 atom stereocenters. The molecule has 10 nitrogen and oxygen atoms in total. The molecule has 1 aromatic carbocycles. The lowest BCUT2D eigenvalue weighted by Crippen LogP contribution is -2.56. The molecule has 1 amide bonds. The zero-order valence-electron chi connectivity index (χ0n) is 23.7. The van der Waals surface area contributed by atoms with Crippen LogP contribution < -0.4 is 14.5 Å². The lowest BCUT2D eigenvalue weighted by Gasteiger charge is -2.43. The molecule has 2 bridgehead atoms. The molecule has 0 aliphatic carbocycles. The van der Waals surface area contributed by atoms with Crippen molar-refractivity contribution < 1.29 is 23.4 Å². The molecule has 0 saturated carbocycles. The van der Waals surface area contributed by atoms with E-state index >= 15 is 4.39 Å². The van der Waals surface area contributed by atoms with Gasteiger partial charge in [0, 0.05) is 37.3 Å². The fourth-order valence-electron chi connectivity index (χ4n) is 7.06. The van der Waals surface area contributed by atoms with E-state index < -0.39 is 23.6 Å². The molecule has 4 aliphatic heterocycles. The van der Waals surface area contributed by atoms with E-state index in [1.54, 1.807) is 0 Å². The zero-order valence-corrected chi connectivity index (χ0v) is 23.7. The van der Waals surface area contributed by atoms with E-state index in [0.717, 1.165) is 43.5 Å². The molecule has 5 heterocycles. The van der Waals surface area contributed by atoms with Gasteiger partial charge in [-0.1, -0.05) is 12.6 Å². The summed E-state index contributed by atoms with van der Waals surface area (Å²) in [5.74, 6) is -1.78. The molecule has 3 fully saturated rings. The summed E-state index contributed by atoms with van der Waals surface area (Å²) in [6, 6.07) is 6.02. The summed E-state index contributed by atoms with van der Waals surface area (Å²) in [5, 5.41) is 20.1. The highest BCUT2D eigenvalue weighted by Crippen LogP contribution is 2.50. The Balaban J connectivity index is 1.37. The van der Waals surface area contributed by atoms with Crippen molar-refractivity contribution in [1.82, 2.24) is 19.8 Å². The molecular weight excluding hydrogens is 544 g/mol. The molecule has 4 aliphatic rings. The quantitative estimate of drug-likeness (QED) is 0.493. The van der Waals surface area contributed by atoms with Gasteiger partial charge >= 0.3 is 6.01 Å². The largest absolute Gasteiger partial charge is 0.506 e. The molecule has 12 heteroatoms. The number of nitriles is 1. The first-order chi connectivity index (χ1) is 20.3. The van der Waals surface area contributed by atoms with Crippen LogP contribution >= 0.6 is 0 Å². The van der Waals surface area contributed by atoms with E-state index in [-0.39, 0.29) is 55.1 Å². The van der Waals surface area contributed by atoms with Gasteiger partial charge in [0.15, 0.2) is 5.83 Å². The van der Waals surface area contributed by atoms with Crippen molar-refractivity contribution >= 4 is 17.4 Å². The van der Waals surface area contributed by atoms with Crippen LogP contribution in [0.2, 0.25) is 0 Å². The highest BCUT2D eigenvalue weighted by atomic mass is 19.1. The maximum absolute atomic E-state index is 15.1. The number of ether oxygens (including phenoxy) is 1. The molecule has 0 radical (unpaired) electrons. The number of phenols is 1. The van der Waals surface area contributed by atoms with Crippen LogP contribution in [-0.4, -0.2) is 88.7 Å². The molecule has 0 spiro atoms. The maximum Gasteiger partial charge on any atom is 0.318 e. The Labute approximate surface area is 243 Å². The first kappa shape index (κ1) is 28.2. The topological polar surface area (TPSA) is 109 Å². The van der Waals surface area contributed by atoms with Crippen molar-refractivity contribution in [2.45, 2.75) is 62.7 Å². The van der Waals surface area contributed by atoms with Crippen molar-refractivity contribution in [3.05, 3.63) is 47.7 Å². The summed E-state index contributed by atoms with van der Waals surface area (Å²) in [4.78, 5) is 29.9. The van der Waals surface area contributed by atoms with Gasteiger partial charge in [-0.3, -0.25) is 4.79 Å². The number of anilines is 2. The maximum atomic E-state index is 15.1. The summed E-state index contributed by atoms with van der Waals surface area (Å²) in [7, 11) is 2.07. The third kappa shape index (κ3) is 5.00. The van der Waals surface area contributed by atoms with Gasteiger partial charge in [-0.05, 0) is 57.8 Å². The number of benzene rings is 1. The second kappa shape index (κ2) is 11.4. The van der Waals surface area contributed by atoms with E-state index in [9.17, 15) is 19.6 Å². The lowest BCUT2D eigenvalue weighted by atomic mass is 9.96. The first-order valence-electron chi connectivity index (χ1n) is 14.5. The van der Waals surface area contributed by atoms with Gasteiger partial charge in [0.05, 0.1) is 30.3 Å². The van der Waals surface area contributed by atoms with Gasteiger partial charge in [-0.2, -0.15) is 15.2 Å². The number of nitrogens with zero attached hydrogens (tertiary/aromatic N) is 7. The molecule has 222 valence electrons. The van der Waals surface area contributed by atoms with Gasteiger partial charge in [0.1, 0.15) is 29.7 Å². The predicted molar refractivity (Wildman–Crippen MR) is 151 cm³/mol. The Morgan fingerprint density at radius 2 is 2.05 bits per heavy atom. The second-order valence-electron chi connectivity index (χ2n) is 11.6. The van der Waals surface area contributed by atoms with Crippen molar-refractivity contribution in [2.75, 3.05) is 49.6 Å². The number of aromatic hydroxyl groups is 1. The van der Waals surface area contributed by atoms with Gasteiger partial charge in [0.25, 0.3) is 5.91 Å². The van der Waals surface area contributed by atoms with Crippen molar-refractivity contribution in [2.24, 2.45) is 0 Å². The van der Waals surface area contributed by atoms with E-state index in [1.807, 2.05) is 9.80 Å². The van der Waals surface area contributed by atoms with Crippen molar-refractivity contribution in [3.8, 4) is 17.8 Å². The SMILES string of the molecule is C=C(F)C(=O)N1CCN(c2nc(OC[C@@H]3CCCN3C)nc3c2CC2CCC3N2c2c(O)cccc2F)C[C@@H]1CC#N. The molecule has 1 N–H and O–H groups in total. The van der Waals surface area contributed by atoms with Crippen LogP contribution in [-0.2, 0) is 11.2 Å². The molecule has 2 unspecified atom stereocenters. The Bertz CT molecular complexity index is 1410. The van der Waals surface area contributed by atoms with Crippen LogP contribution in [0.1, 0.15) is 49.4 Å². The summed E-state index contributed by atoms with van der Waals surface area (Å²) in [6.07, 6.45) is 4.19. The normalized spacial score (nSPS) is 25.3. The number of hydrogen-bond donors (Lipinski definition) is 1. The number of likely N-dealkylation sites (tertiary alicyclic amines) is 1. The number of hydrogen-bond acceptors (Lipinski definition) is 9. The van der Waals surface area contributed by atoms with E-state index in [4.69, 9.17) is 14.7 Å². The smallest absolute Gasteiger partial charge is 0.318 e. The van der Waals surface area contributed by atoms with Crippen molar-refractivity contribution in [3.63, 3.8) is 0 Å². The van der Waals surface area contributed by atoms with Crippen LogP contribution in [0, 0.1) is 17.1 Å². The number of para-hydroxylation sites is 1. The first-order valence-corrected chi connectivity index (χ1v) is 14.5. The lowest BCUT2D eigenvalue weighted by molar-refractivity contribution is -0.131. The van der Waals surface area contributed by atoms with Crippen LogP contribution in [0.3, 0.4) is 0 Å². The van der Waals surface area contributed by atoms with E-state index in [1.165, 1.54) is 23.1 Å². The second-order valence-corrected chi connectivity index (χ2v) is 11.6. The highest BCUT2D eigenvalue weighted by Gasteiger charge is 2.45. The third-order valence-electron chi connectivity index (χ3n) is 9.16. The molecule has 42 heavy (non-hydrogen) atoms. The molecule has 6 rings (SSSR count). The van der Waals surface area contributed by atoms with E-state index in [0.29, 0.717) is 25.4 Å². The minimum Gasteiger partial charge on any atom is -0.506 e. The monoisotopic (exact) mass is 579 g/mol. The molecule has 1 aromatic heterocycles. The Kier molecular flexibility index (Phi) is 7.62. The van der Waals surface area contributed by atoms with Crippen LogP contribution in [0.4, 0.5) is 20.3 Å². The summed E-state index contributed by atoms with van der Waals surface area (Å²) >= 11 is 0. The molecule has 2 aromatic rings. The van der Waals surface area contributed by atoms with Gasteiger partial charge < -0.3 is 29.4 Å². The van der Waals surface area contributed by atoms with Gasteiger partial charge in [-0.25, -0.2) is 8.78 Å². The van der Waals surface area contributed by atoms with Gasteiger partial charge in [-0.15, -0.1) is 0 Å². The summed E-state index contributed by atoms with van der Waals surface area (Å²) in [6.45, 7) is 5.45. The number of rotatable bonds is 7. The zero-order chi connectivity index (χ0) is 29.5. The fourth-order valence-corrected chi connectivity index (χ4v) is 7.06. The number of carbonyl (C=O) groups excluding carboxylic acids is 1. The average Bonchev–Trinajstić information content (AvgIpc) is 3.52. The highest BCUT2D eigenvalue weighted by molar-refractivity contribution is 5.91. The number of amides is 1. The number of carbonyl (C=O) groups is 1. The molecular formula is C30H35F2N7O3.